The number of hydrogen-bond donors (Lipinski definition) is 1. The van der Waals surface area contributed by atoms with Gasteiger partial charge in [-0.2, -0.15) is 0 Å². The number of benzene rings is 1. The Morgan fingerprint density at radius 3 is 2.86 bits per heavy atom. The standard InChI is InChI=1S/C16H17NO5/c1-19-15-7-6-14(22-15)16(18)17-9-8-11-10-20-12-4-2-3-5-13(12)21-11/h2-7,11H,8-10H2,1H3,(H,17,18)/t11-/m1/s1. The second kappa shape index (κ2) is 6.43. The molecule has 1 aliphatic rings. The van der Waals surface area contributed by atoms with E-state index in [1.54, 1.807) is 12.1 Å². The summed E-state index contributed by atoms with van der Waals surface area (Å²) in [7, 11) is 1.48. The van der Waals surface area contributed by atoms with Crippen LogP contribution in [0.1, 0.15) is 17.0 Å². The van der Waals surface area contributed by atoms with E-state index >= 15 is 0 Å². The topological polar surface area (TPSA) is 69.9 Å². The molecule has 1 aromatic carbocycles. The number of rotatable bonds is 5. The number of fused-ring (bicyclic) bond motifs is 1. The summed E-state index contributed by atoms with van der Waals surface area (Å²) < 4.78 is 21.5. The first-order valence-corrected chi connectivity index (χ1v) is 7.07. The molecule has 1 atom stereocenters. The van der Waals surface area contributed by atoms with Crippen molar-refractivity contribution in [2.75, 3.05) is 20.3 Å². The molecule has 0 aliphatic carbocycles. The van der Waals surface area contributed by atoms with Crippen molar-refractivity contribution in [3.63, 3.8) is 0 Å². The number of ether oxygens (including phenoxy) is 3. The monoisotopic (exact) mass is 303 g/mol. The number of hydrogen-bond acceptors (Lipinski definition) is 5. The third kappa shape index (κ3) is 3.16. The highest BCUT2D eigenvalue weighted by Gasteiger charge is 2.20. The van der Waals surface area contributed by atoms with Crippen LogP contribution < -0.4 is 19.5 Å². The summed E-state index contributed by atoms with van der Waals surface area (Å²) in [5.41, 5.74) is 0. The molecule has 116 valence electrons. The average molecular weight is 303 g/mol. The van der Waals surface area contributed by atoms with Crippen molar-refractivity contribution in [3.05, 3.63) is 42.2 Å². The van der Waals surface area contributed by atoms with E-state index < -0.39 is 0 Å². The summed E-state index contributed by atoms with van der Waals surface area (Å²) in [6, 6.07) is 10.7. The van der Waals surface area contributed by atoms with Crippen LogP contribution in [0.3, 0.4) is 0 Å². The fourth-order valence-corrected chi connectivity index (χ4v) is 2.19. The van der Waals surface area contributed by atoms with Crippen LogP contribution in [0.4, 0.5) is 0 Å². The van der Waals surface area contributed by atoms with Crippen LogP contribution in [0, 0.1) is 0 Å². The van der Waals surface area contributed by atoms with Gasteiger partial charge in [0, 0.05) is 19.0 Å². The fraction of sp³-hybridized carbons (Fsp3) is 0.312. The molecule has 0 spiro atoms. The van der Waals surface area contributed by atoms with Gasteiger partial charge in [0.25, 0.3) is 11.9 Å². The summed E-state index contributed by atoms with van der Waals surface area (Å²) in [5, 5.41) is 2.78. The first-order valence-electron chi connectivity index (χ1n) is 7.07. The molecular formula is C16H17NO5. The van der Waals surface area contributed by atoms with Crippen molar-refractivity contribution in [3.8, 4) is 17.4 Å². The minimum atomic E-state index is -0.277. The molecule has 0 bridgehead atoms. The van der Waals surface area contributed by atoms with E-state index in [4.69, 9.17) is 18.6 Å². The first-order chi connectivity index (χ1) is 10.8. The van der Waals surface area contributed by atoms with Crippen LogP contribution in [0.15, 0.2) is 40.8 Å². The predicted molar refractivity (Wildman–Crippen MR) is 78.6 cm³/mol. The fourth-order valence-electron chi connectivity index (χ4n) is 2.19. The Morgan fingerprint density at radius 1 is 1.27 bits per heavy atom. The molecule has 2 aromatic rings. The van der Waals surface area contributed by atoms with Gasteiger partial charge >= 0.3 is 0 Å². The van der Waals surface area contributed by atoms with Crippen LogP contribution in [0.5, 0.6) is 17.4 Å². The van der Waals surface area contributed by atoms with Crippen molar-refractivity contribution >= 4 is 5.91 Å². The van der Waals surface area contributed by atoms with Gasteiger partial charge < -0.3 is 23.9 Å². The molecule has 0 fully saturated rings. The van der Waals surface area contributed by atoms with Gasteiger partial charge in [-0.15, -0.1) is 0 Å². The highest BCUT2D eigenvalue weighted by Crippen LogP contribution is 2.31. The van der Waals surface area contributed by atoms with Gasteiger partial charge in [-0.3, -0.25) is 4.79 Å². The second-order valence-electron chi connectivity index (χ2n) is 4.86. The first kappa shape index (κ1) is 14.3. The maximum atomic E-state index is 11.9. The molecule has 0 saturated carbocycles. The second-order valence-corrected chi connectivity index (χ2v) is 4.86. The maximum absolute atomic E-state index is 11.9. The van der Waals surface area contributed by atoms with Crippen LogP contribution in [-0.2, 0) is 0 Å². The number of nitrogens with one attached hydrogen (secondary N) is 1. The van der Waals surface area contributed by atoms with E-state index in [-0.39, 0.29) is 17.8 Å². The zero-order valence-corrected chi connectivity index (χ0v) is 12.2. The zero-order chi connectivity index (χ0) is 15.4. The van der Waals surface area contributed by atoms with Crippen LogP contribution in [0.2, 0.25) is 0 Å². The van der Waals surface area contributed by atoms with Gasteiger partial charge in [-0.05, 0) is 18.2 Å². The largest absolute Gasteiger partial charge is 0.486 e. The SMILES string of the molecule is COc1ccc(C(=O)NCC[C@@H]2COc3ccccc3O2)o1. The lowest BCUT2D eigenvalue weighted by Crippen LogP contribution is -2.34. The van der Waals surface area contributed by atoms with Gasteiger partial charge in [0.2, 0.25) is 0 Å². The molecule has 22 heavy (non-hydrogen) atoms. The van der Waals surface area contributed by atoms with Gasteiger partial charge in [0.05, 0.1) is 7.11 Å². The van der Waals surface area contributed by atoms with Crippen LogP contribution in [-0.4, -0.2) is 32.3 Å². The highest BCUT2D eigenvalue weighted by molar-refractivity contribution is 5.91. The van der Waals surface area contributed by atoms with E-state index in [1.807, 2.05) is 24.3 Å². The number of carbonyl (C=O) groups excluding carboxylic acids is 1. The smallest absolute Gasteiger partial charge is 0.287 e. The Labute approximate surface area is 128 Å². The van der Waals surface area contributed by atoms with Gasteiger partial charge in [0.1, 0.15) is 12.7 Å². The number of carbonyl (C=O) groups is 1. The van der Waals surface area contributed by atoms with Gasteiger partial charge in [0.15, 0.2) is 17.3 Å². The summed E-state index contributed by atoms with van der Waals surface area (Å²) in [5.74, 6) is 1.75. The van der Waals surface area contributed by atoms with Crippen molar-refractivity contribution < 1.29 is 23.4 Å². The number of methoxy groups -OCH3 is 1. The van der Waals surface area contributed by atoms with Crippen molar-refractivity contribution in [2.45, 2.75) is 12.5 Å². The normalized spacial score (nSPS) is 16.1. The van der Waals surface area contributed by atoms with E-state index in [2.05, 4.69) is 5.32 Å². The third-order valence-electron chi connectivity index (χ3n) is 3.33. The van der Waals surface area contributed by atoms with E-state index in [1.165, 1.54) is 7.11 Å². The molecule has 1 amide bonds. The van der Waals surface area contributed by atoms with Gasteiger partial charge in [-0.1, -0.05) is 12.1 Å². The molecule has 0 saturated heterocycles. The minimum absolute atomic E-state index is 0.0821. The molecule has 1 aromatic heterocycles. The van der Waals surface area contributed by atoms with Crippen LogP contribution >= 0.6 is 0 Å². The van der Waals surface area contributed by atoms with Crippen molar-refractivity contribution in [2.24, 2.45) is 0 Å². The molecule has 6 heteroatoms. The number of para-hydroxylation sites is 2. The molecule has 1 aliphatic heterocycles. The zero-order valence-electron chi connectivity index (χ0n) is 12.2. The summed E-state index contributed by atoms with van der Waals surface area (Å²) in [6.45, 7) is 0.944. The van der Waals surface area contributed by atoms with Crippen molar-refractivity contribution in [1.29, 1.82) is 0 Å². The van der Waals surface area contributed by atoms with Crippen LogP contribution in [0.25, 0.3) is 0 Å². The molecule has 0 radical (unpaired) electrons. The Balaban J connectivity index is 1.47. The van der Waals surface area contributed by atoms with E-state index in [0.29, 0.717) is 25.5 Å². The van der Waals surface area contributed by atoms with Crippen molar-refractivity contribution in [1.82, 2.24) is 5.32 Å². The molecule has 6 nitrogen and oxygen atoms in total. The third-order valence-corrected chi connectivity index (χ3v) is 3.33. The Kier molecular flexibility index (Phi) is 4.18. The summed E-state index contributed by atoms with van der Waals surface area (Å²) >= 11 is 0. The lowest BCUT2D eigenvalue weighted by atomic mass is 10.2. The molecule has 2 heterocycles. The molecule has 1 N–H and O–H groups in total. The summed E-state index contributed by atoms with van der Waals surface area (Å²) in [4.78, 5) is 11.9. The van der Waals surface area contributed by atoms with Gasteiger partial charge in [-0.25, -0.2) is 0 Å². The Hall–Kier alpha value is -2.63. The molecule has 3 rings (SSSR count). The lowest BCUT2D eigenvalue weighted by Gasteiger charge is -2.26. The number of amides is 1. The molecule has 0 unspecified atom stereocenters. The highest BCUT2D eigenvalue weighted by atomic mass is 16.6. The number of furan rings is 1. The lowest BCUT2D eigenvalue weighted by molar-refractivity contribution is 0.0802. The summed E-state index contributed by atoms with van der Waals surface area (Å²) in [6.07, 6.45) is 0.569. The molecular weight excluding hydrogens is 286 g/mol. The maximum Gasteiger partial charge on any atom is 0.287 e. The van der Waals surface area contributed by atoms with E-state index in [9.17, 15) is 4.79 Å². The quantitative estimate of drug-likeness (QED) is 0.917. The Morgan fingerprint density at radius 2 is 2.09 bits per heavy atom. The predicted octanol–water partition coefficient (Wildman–Crippen LogP) is 2.25. The van der Waals surface area contributed by atoms with E-state index in [0.717, 1.165) is 11.5 Å². The minimum Gasteiger partial charge on any atom is -0.486 e. The average Bonchev–Trinajstić information content (AvgIpc) is 3.04. The Bertz CT molecular complexity index is 651.